The number of alkyl halides is 3. The van der Waals surface area contributed by atoms with Gasteiger partial charge >= 0.3 is 6.18 Å². The Morgan fingerprint density at radius 3 is 2.39 bits per heavy atom. The van der Waals surface area contributed by atoms with E-state index in [1.54, 1.807) is 36.4 Å². The average Bonchev–Trinajstić information content (AvgIpc) is 2.70. The van der Waals surface area contributed by atoms with Crippen molar-refractivity contribution < 1.29 is 22.8 Å². The second-order valence-electron chi connectivity index (χ2n) is 6.40. The summed E-state index contributed by atoms with van der Waals surface area (Å²) in [5.74, 6) is 0.543. The van der Waals surface area contributed by atoms with Crippen LogP contribution in [0.5, 0.6) is 0 Å². The van der Waals surface area contributed by atoms with Gasteiger partial charge in [-0.05, 0) is 23.6 Å². The molecule has 0 saturated carbocycles. The van der Waals surface area contributed by atoms with Crippen LogP contribution in [0.3, 0.4) is 0 Å². The Labute approximate surface area is 195 Å². The largest absolute Gasteiger partial charge is 0.411 e. The molecule has 0 fully saturated rings. The van der Waals surface area contributed by atoms with Gasteiger partial charge in [0, 0.05) is 25.2 Å². The number of nitrogens with zero attached hydrogens (tertiary/aromatic N) is 2. The fourth-order valence-electron chi connectivity index (χ4n) is 2.50. The molecule has 0 aliphatic rings. The molecule has 0 bridgehead atoms. The Kier molecular flexibility index (Phi) is 11.3. The van der Waals surface area contributed by atoms with Crippen LogP contribution >= 0.6 is 24.0 Å². The molecule has 170 valence electrons. The zero-order valence-electron chi connectivity index (χ0n) is 16.8. The van der Waals surface area contributed by atoms with E-state index in [0.717, 1.165) is 5.56 Å². The Morgan fingerprint density at radius 2 is 1.77 bits per heavy atom. The number of nitro benzene ring substituents is 1. The van der Waals surface area contributed by atoms with Crippen LogP contribution in [0.15, 0.2) is 53.5 Å². The van der Waals surface area contributed by atoms with Crippen molar-refractivity contribution in [3.63, 3.8) is 0 Å². The van der Waals surface area contributed by atoms with Crippen LogP contribution in [0, 0.1) is 10.1 Å². The van der Waals surface area contributed by atoms with E-state index >= 15 is 0 Å². The van der Waals surface area contributed by atoms with Crippen molar-refractivity contribution >= 4 is 35.6 Å². The maximum absolute atomic E-state index is 12.1. The first-order chi connectivity index (χ1) is 14.3. The number of guanidine groups is 1. The zero-order chi connectivity index (χ0) is 22.0. The molecule has 0 aromatic heterocycles. The molecule has 0 heterocycles. The van der Waals surface area contributed by atoms with Gasteiger partial charge in [-0.25, -0.2) is 4.99 Å². The first-order valence-corrected chi connectivity index (χ1v) is 9.24. The maximum Gasteiger partial charge on any atom is 0.411 e. The number of non-ortho nitro benzene ring substituents is 1. The third-order valence-corrected chi connectivity index (χ3v) is 3.90. The number of ether oxygens (including phenoxy) is 1. The first-order valence-electron chi connectivity index (χ1n) is 9.24. The van der Waals surface area contributed by atoms with Gasteiger partial charge < -0.3 is 15.4 Å². The molecule has 0 aliphatic heterocycles. The predicted molar refractivity (Wildman–Crippen MR) is 122 cm³/mol. The molecule has 7 nitrogen and oxygen atoms in total. The number of hydrogen-bond acceptors (Lipinski definition) is 4. The van der Waals surface area contributed by atoms with Crippen LogP contribution in [0.25, 0.3) is 0 Å². The molecule has 2 aromatic carbocycles. The minimum atomic E-state index is -4.34. The van der Waals surface area contributed by atoms with Crippen molar-refractivity contribution in [3.05, 3.63) is 75.3 Å². The van der Waals surface area contributed by atoms with Gasteiger partial charge in [0.15, 0.2) is 5.96 Å². The molecule has 0 spiro atoms. The summed E-state index contributed by atoms with van der Waals surface area (Å²) >= 11 is 0. The van der Waals surface area contributed by atoms with Crippen LogP contribution < -0.4 is 10.6 Å². The van der Waals surface area contributed by atoms with E-state index in [2.05, 4.69) is 20.4 Å². The van der Waals surface area contributed by atoms with Crippen molar-refractivity contribution in [1.29, 1.82) is 0 Å². The lowest BCUT2D eigenvalue weighted by Crippen LogP contribution is -2.36. The molecule has 31 heavy (non-hydrogen) atoms. The third-order valence-electron chi connectivity index (χ3n) is 3.90. The lowest BCUT2D eigenvalue weighted by Gasteiger charge is -2.12. The quantitative estimate of drug-likeness (QED) is 0.157. The van der Waals surface area contributed by atoms with Crippen LogP contribution in [0.4, 0.5) is 18.9 Å². The Bertz CT molecular complexity index is 861. The minimum absolute atomic E-state index is 0. The highest BCUT2D eigenvalue weighted by Gasteiger charge is 2.27. The molecule has 0 aliphatic carbocycles. The van der Waals surface area contributed by atoms with Crippen LogP contribution in [-0.2, 0) is 24.4 Å². The summed E-state index contributed by atoms with van der Waals surface area (Å²) in [6, 6.07) is 13.3. The molecule has 0 amide bonds. The van der Waals surface area contributed by atoms with Gasteiger partial charge in [0.25, 0.3) is 5.69 Å². The van der Waals surface area contributed by atoms with Gasteiger partial charge in [-0.3, -0.25) is 10.1 Å². The molecule has 0 unspecified atom stereocenters. The summed E-state index contributed by atoms with van der Waals surface area (Å²) in [6.45, 7) is 1.89. The van der Waals surface area contributed by atoms with Gasteiger partial charge in [-0.1, -0.05) is 36.4 Å². The Hall–Kier alpha value is -2.41. The van der Waals surface area contributed by atoms with Gasteiger partial charge in [-0.15, -0.1) is 24.0 Å². The molecule has 2 N–H and O–H groups in total. The number of benzene rings is 2. The predicted octanol–water partition coefficient (Wildman–Crippen LogP) is 4.55. The molecule has 2 aromatic rings. The van der Waals surface area contributed by atoms with Crippen molar-refractivity contribution in [3.8, 4) is 0 Å². The molecule has 0 saturated heterocycles. The van der Waals surface area contributed by atoms with Crippen molar-refractivity contribution in [2.45, 2.75) is 32.8 Å². The number of nitro groups is 1. The van der Waals surface area contributed by atoms with E-state index in [4.69, 9.17) is 0 Å². The monoisotopic (exact) mass is 552 g/mol. The van der Waals surface area contributed by atoms with E-state index in [9.17, 15) is 23.3 Å². The van der Waals surface area contributed by atoms with E-state index in [0.29, 0.717) is 30.2 Å². The lowest BCUT2D eigenvalue weighted by molar-refractivity contribution is -0.384. The highest BCUT2D eigenvalue weighted by atomic mass is 127. The number of hydrogen-bond donors (Lipinski definition) is 2. The summed E-state index contributed by atoms with van der Waals surface area (Å²) in [6.07, 6.45) is -4.34. The standard InChI is InChI=1S/C20H23F3N4O3.HI/c1-2-24-19(26-12-17-4-3-5-18(10-17)27(28)29)25-11-15-6-8-16(9-7-15)13-30-14-20(21,22)23;/h3-10H,2,11-14H2,1H3,(H2,24,25,26);1H. The summed E-state index contributed by atoms with van der Waals surface area (Å²) in [7, 11) is 0. The summed E-state index contributed by atoms with van der Waals surface area (Å²) in [5, 5.41) is 17.1. The second-order valence-corrected chi connectivity index (χ2v) is 6.40. The highest BCUT2D eigenvalue weighted by Crippen LogP contribution is 2.16. The van der Waals surface area contributed by atoms with Crippen LogP contribution in [0.2, 0.25) is 0 Å². The Morgan fingerprint density at radius 1 is 1.10 bits per heavy atom. The number of aliphatic imine (C=N–C) groups is 1. The molecular formula is C20H24F3IN4O3. The topological polar surface area (TPSA) is 88.8 Å². The fraction of sp³-hybridized carbons (Fsp3) is 0.350. The zero-order valence-corrected chi connectivity index (χ0v) is 19.1. The number of halogens is 4. The van der Waals surface area contributed by atoms with Gasteiger partial charge in [-0.2, -0.15) is 13.2 Å². The third kappa shape index (κ3) is 10.4. The summed E-state index contributed by atoms with van der Waals surface area (Å²) < 4.78 is 41.0. The molecule has 0 atom stereocenters. The SMILES string of the molecule is CCNC(=NCc1cccc([N+](=O)[O-])c1)NCc1ccc(COCC(F)(F)F)cc1.I. The molecule has 0 radical (unpaired) electrons. The van der Waals surface area contributed by atoms with Crippen molar-refractivity contribution in [2.75, 3.05) is 13.2 Å². The Balaban J connectivity index is 0.00000480. The number of nitrogens with one attached hydrogen (secondary N) is 2. The van der Waals surface area contributed by atoms with Crippen molar-refractivity contribution in [2.24, 2.45) is 4.99 Å². The maximum atomic E-state index is 12.1. The fourth-order valence-corrected chi connectivity index (χ4v) is 2.50. The van der Waals surface area contributed by atoms with Crippen LogP contribution in [-0.4, -0.2) is 30.2 Å². The van der Waals surface area contributed by atoms with E-state index < -0.39 is 17.7 Å². The van der Waals surface area contributed by atoms with Gasteiger partial charge in [0.05, 0.1) is 18.1 Å². The normalized spacial score (nSPS) is 11.5. The van der Waals surface area contributed by atoms with Gasteiger partial charge in [0.1, 0.15) is 6.61 Å². The van der Waals surface area contributed by atoms with E-state index in [1.165, 1.54) is 12.1 Å². The molecule has 11 heteroatoms. The van der Waals surface area contributed by atoms with E-state index in [1.807, 2.05) is 6.92 Å². The summed E-state index contributed by atoms with van der Waals surface area (Å²) in [4.78, 5) is 14.8. The smallest absolute Gasteiger partial charge is 0.367 e. The second kappa shape index (κ2) is 13.1. The van der Waals surface area contributed by atoms with Gasteiger partial charge in [0.2, 0.25) is 0 Å². The van der Waals surface area contributed by atoms with Crippen LogP contribution in [0.1, 0.15) is 23.6 Å². The minimum Gasteiger partial charge on any atom is -0.367 e. The van der Waals surface area contributed by atoms with Crippen molar-refractivity contribution in [1.82, 2.24) is 10.6 Å². The lowest BCUT2D eigenvalue weighted by atomic mass is 10.1. The highest BCUT2D eigenvalue weighted by molar-refractivity contribution is 14.0. The molecular weight excluding hydrogens is 528 g/mol. The van der Waals surface area contributed by atoms with E-state index in [-0.39, 0.29) is 42.8 Å². The number of rotatable bonds is 9. The first kappa shape index (κ1) is 26.6. The molecule has 2 rings (SSSR count). The summed E-state index contributed by atoms with van der Waals surface area (Å²) in [5.41, 5.74) is 2.29. The average molecular weight is 552 g/mol.